The Hall–Kier alpha value is -4.37. The van der Waals surface area contributed by atoms with Crippen LogP contribution in [0.4, 0.5) is 5.69 Å². The van der Waals surface area contributed by atoms with Crippen molar-refractivity contribution in [2.45, 2.75) is 77.9 Å². The van der Waals surface area contributed by atoms with Gasteiger partial charge in [-0.15, -0.1) is 30.0 Å². The molecule has 0 saturated carbocycles. The Bertz CT molecular complexity index is 1760. The predicted octanol–water partition coefficient (Wildman–Crippen LogP) is 13.1. The molecule has 0 amide bonds. The molecule has 6 aromatic rings. The summed E-state index contributed by atoms with van der Waals surface area (Å²) < 4.78 is 0. The molecule has 1 radical (unpaired) electrons. The topological polar surface area (TPSA) is 47.2 Å². The van der Waals surface area contributed by atoms with Crippen LogP contribution in [-0.2, 0) is 43.8 Å². The molecule has 1 unspecified atom stereocenters. The molecule has 0 bridgehead atoms. The van der Waals surface area contributed by atoms with Crippen molar-refractivity contribution in [1.82, 2.24) is 4.98 Å². The van der Waals surface area contributed by atoms with Crippen LogP contribution in [0.25, 0.3) is 5.32 Å². The Kier molecular flexibility index (Phi) is 19.1. The van der Waals surface area contributed by atoms with Crippen LogP contribution in [0, 0.1) is 13.8 Å². The van der Waals surface area contributed by atoms with Gasteiger partial charge in [-0.25, -0.2) is 0 Å². The Morgan fingerprint density at radius 3 is 1.36 bits per heavy atom. The second kappa shape index (κ2) is 22.6. The van der Waals surface area contributed by atoms with Gasteiger partial charge in [0.2, 0.25) is 0 Å². The number of hydrogen-bond donors (Lipinski definition) is 1. The summed E-state index contributed by atoms with van der Waals surface area (Å²) in [5, 5.41) is 15.6. The van der Waals surface area contributed by atoms with Gasteiger partial charge >= 0.3 is 26.2 Å². The Morgan fingerprint density at radius 2 is 0.981 bits per heavy atom. The zero-order valence-electron chi connectivity index (χ0n) is 32.7. The molecule has 3 nitrogen and oxygen atoms in total. The molecular formula is C49H57N2OZr. The molecule has 1 heterocycles. The van der Waals surface area contributed by atoms with Crippen LogP contribution in [0.2, 0.25) is 0 Å². The third-order valence-corrected chi connectivity index (χ3v) is 8.50. The maximum absolute atomic E-state index is 10.4. The van der Waals surface area contributed by atoms with Crippen molar-refractivity contribution in [3.8, 4) is 0 Å². The van der Waals surface area contributed by atoms with E-state index in [1.54, 1.807) is 0 Å². The van der Waals surface area contributed by atoms with Crippen LogP contribution >= 0.6 is 0 Å². The Balaban J connectivity index is 0.000000271. The fourth-order valence-electron chi connectivity index (χ4n) is 5.55. The van der Waals surface area contributed by atoms with E-state index in [9.17, 15) is 5.11 Å². The predicted molar refractivity (Wildman–Crippen MR) is 223 cm³/mol. The number of benzene rings is 5. The summed E-state index contributed by atoms with van der Waals surface area (Å²) in [5.74, 6) is 0.911. The fraction of sp³-hybridized carbons (Fsp3) is 0.245. The quantitative estimate of drug-likeness (QED) is 0.156. The first-order chi connectivity index (χ1) is 24.8. The van der Waals surface area contributed by atoms with Crippen molar-refractivity contribution in [3.05, 3.63) is 222 Å². The summed E-state index contributed by atoms with van der Waals surface area (Å²) in [4.78, 5) is 4.50. The summed E-state index contributed by atoms with van der Waals surface area (Å²) in [6.07, 6.45) is 2.47. The van der Waals surface area contributed by atoms with Gasteiger partial charge in [0.05, 0.1) is 5.60 Å². The maximum Gasteiger partial charge on any atom is 3.00 e. The molecule has 0 saturated heterocycles. The zero-order chi connectivity index (χ0) is 38.0. The molecule has 4 heteroatoms. The molecule has 5 aromatic carbocycles. The largest absolute Gasteiger partial charge is 3.00 e. The molecule has 0 fully saturated rings. The zero-order valence-corrected chi connectivity index (χ0v) is 35.2. The first-order valence-electron chi connectivity index (χ1n) is 18.1. The average Bonchev–Trinajstić information content (AvgIpc) is 3.14. The van der Waals surface area contributed by atoms with Crippen molar-refractivity contribution in [1.29, 1.82) is 0 Å². The van der Waals surface area contributed by atoms with E-state index < -0.39 is 5.60 Å². The van der Waals surface area contributed by atoms with Gasteiger partial charge in [-0.3, -0.25) is 4.98 Å². The number of aromatic nitrogens is 1. The fourth-order valence-corrected chi connectivity index (χ4v) is 5.55. The molecular weight excluding hydrogens is 724 g/mol. The minimum absolute atomic E-state index is 0. The SMILES string of the molecule is CC(C)c1cccc(C(C)C)c1[N-]C(C)(C)c1ccccn1.CC(O)(Cc1ccccc1)c1ccccc1.[CH2-]c1ccccc1.[CH2-]c1ccccc1.[Zr+3]. The van der Waals surface area contributed by atoms with Crippen LogP contribution in [-0.4, -0.2) is 10.1 Å². The van der Waals surface area contributed by atoms with Gasteiger partial charge in [-0.05, 0) is 42.0 Å². The van der Waals surface area contributed by atoms with Crippen LogP contribution in [0.5, 0.6) is 0 Å². The maximum atomic E-state index is 10.4. The standard InChI is InChI=1S/C20H27N2.C15H16O.2C7H7.Zr/c1-14(2)16-10-9-11-17(15(3)4)19(16)22-20(5,6)18-12-7-8-13-21-18;1-15(16,14-10-6-3-7-11-14)12-13-8-4-2-5-9-13;2*1-7-5-3-2-4-6-7;/h7-15H,1-6H3;2-11,16H,12H2,1H3;2*2-6H,1H2;/q-1;;2*-1;+3. The Labute approximate surface area is 340 Å². The number of rotatable bonds is 8. The van der Waals surface area contributed by atoms with Crippen molar-refractivity contribution >= 4 is 5.69 Å². The van der Waals surface area contributed by atoms with Crippen LogP contribution < -0.4 is 0 Å². The van der Waals surface area contributed by atoms with Crippen LogP contribution in [0.3, 0.4) is 0 Å². The number of pyridine rings is 1. The summed E-state index contributed by atoms with van der Waals surface area (Å²) in [6.45, 7) is 22.5. The average molecular weight is 781 g/mol. The molecule has 6 rings (SSSR count). The summed E-state index contributed by atoms with van der Waals surface area (Å²) >= 11 is 0. The van der Waals surface area contributed by atoms with Crippen molar-refractivity contribution < 1.29 is 31.3 Å². The van der Waals surface area contributed by atoms with Crippen molar-refractivity contribution in [2.24, 2.45) is 0 Å². The molecule has 53 heavy (non-hydrogen) atoms. The minimum atomic E-state index is -0.803. The monoisotopic (exact) mass is 779 g/mol. The van der Waals surface area contributed by atoms with E-state index in [2.05, 4.69) is 84.6 Å². The van der Waals surface area contributed by atoms with Gasteiger partial charge in [0.15, 0.2) is 0 Å². The number of para-hydroxylation sites is 1. The Morgan fingerprint density at radius 1 is 0.566 bits per heavy atom. The first kappa shape index (κ1) is 44.8. The van der Waals surface area contributed by atoms with Gasteiger partial charge in [-0.1, -0.05) is 155 Å². The number of hydrogen-bond acceptors (Lipinski definition) is 2. The van der Waals surface area contributed by atoms with E-state index in [1.165, 1.54) is 11.1 Å². The van der Waals surface area contributed by atoms with Crippen molar-refractivity contribution in [3.63, 3.8) is 0 Å². The van der Waals surface area contributed by atoms with Crippen LogP contribution in [0.1, 0.15) is 99.4 Å². The van der Waals surface area contributed by atoms with E-state index in [-0.39, 0.29) is 31.7 Å². The van der Waals surface area contributed by atoms with Gasteiger partial charge < -0.3 is 10.4 Å². The minimum Gasteiger partial charge on any atom is -0.674 e. The molecule has 273 valence electrons. The summed E-state index contributed by atoms with van der Waals surface area (Å²) in [5.41, 5.74) is 7.88. The van der Waals surface area contributed by atoms with Gasteiger partial charge in [0.25, 0.3) is 0 Å². The van der Waals surface area contributed by atoms with E-state index in [4.69, 9.17) is 5.32 Å². The van der Waals surface area contributed by atoms with E-state index in [1.807, 2.05) is 147 Å². The number of nitrogens with zero attached hydrogens (tertiary/aromatic N) is 2. The van der Waals surface area contributed by atoms with Crippen LogP contribution in [0.15, 0.2) is 164 Å². The van der Waals surface area contributed by atoms with E-state index in [0.29, 0.717) is 18.3 Å². The molecule has 0 aliphatic rings. The van der Waals surface area contributed by atoms with Gasteiger partial charge in [0, 0.05) is 18.3 Å². The molecule has 1 atom stereocenters. The second-order valence-corrected chi connectivity index (χ2v) is 14.3. The summed E-state index contributed by atoms with van der Waals surface area (Å²) in [7, 11) is 0. The third-order valence-electron chi connectivity index (χ3n) is 8.50. The summed E-state index contributed by atoms with van der Waals surface area (Å²) in [6, 6.07) is 52.2. The molecule has 1 N–H and O–H groups in total. The third kappa shape index (κ3) is 15.6. The second-order valence-electron chi connectivity index (χ2n) is 14.3. The molecule has 1 aromatic heterocycles. The normalized spacial score (nSPS) is 11.6. The molecule has 0 aliphatic heterocycles. The smallest absolute Gasteiger partial charge is 0.674 e. The van der Waals surface area contributed by atoms with E-state index >= 15 is 0 Å². The van der Waals surface area contributed by atoms with E-state index in [0.717, 1.165) is 33.6 Å². The van der Waals surface area contributed by atoms with Gasteiger partial charge in [0.1, 0.15) is 0 Å². The van der Waals surface area contributed by atoms with Gasteiger partial charge in [-0.2, -0.15) is 49.2 Å². The number of aliphatic hydroxyl groups is 1. The molecule has 0 spiro atoms. The first-order valence-corrected chi connectivity index (χ1v) is 18.1. The van der Waals surface area contributed by atoms with Crippen molar-refractivity contribution in [2.75, 3.05) is 0 Å². The molecule has 0 aliphatic carbocycles.